The minimum Gasteiger partial charge on any atom is -0.424 e. The van der Waals surface area contributed by atoms with Crippen molar-refractivity contribution in [3.8, 4) is 0 Å². The zero-order valence-corrected chi connectivity index (χ0v) is 13.7. The minimum absolute atomic E-state index is 0.0765. The number of rotatable bonds is 10. The summed E-state index contributed by atoms with van der Waals surface area (Å²) in [7, 11) is 0. The van der Waals surface area contributed by atoms with Gasteiger partial charge < -0.3 is 9.73 Å². The summed E-state index contributed by atoms with van der Waals surface area (Å²) >= 11 is 0. The molecule has 0 atom stereocenters. The SMILES string of the molecule is CCCCCCCCCc1nnc(CNC(C)(C)C)o1. The molecule has 0 aromatic carbocycles. The van der Waals surface area contributed by atoms with E-state index in [4.69, 9.17) is 4.42 Å². The second-order valence-corrected chi connectivity index (χ2v) is 6.56. The van der Waals surface area contributed by atoms with E-state index in [0.717, 1.165) is 18.7 Å². The van der Waals surface area contributed by atoms with Gasteiger partial charge in [-0.25, -0.2) is 0 Å². The van der Waals surface area contributed by atoms with Crippen LogP contribution in [0.2, 0.25) is 0 Å². The summed E-state index contributed by atoms with van der Waals surface area (Å²) in [5, 5.41) is 11.5. The minimum atomic E-state index is 0.0765. The summed E-state index contributed by atoms with van der Waals surface area (Å²) < 4.78 is 5.64. The van der Waals surface area contributed by atoms with E-state index in [1.165, 1.54) is 38.5 Å². The Morgan fingerprint density at radius 1 is 0.900 bits per heavy atom. The van der Waals surface area contributed by atoms with Gasteiger partial charge in [-0.05, 0) is 27.2 Å². The molecule has 0 aliphatic rings. The number of hydrogen-bond acceptors (Lipinski definition) is 4. The molecule has 0 bridgehead atoms. The van der Waals surface area contributed by atoms with Crippen molar-refractivity contribution in [2.45, 2.75) is 91.1 Å². The van der Waals surface area contributed by atoms with Gasteiger partial charge in [0.2, 0.25) is 11.8 Å². The Kier molecular flexibility index (Phi) is 7.82. The lowest BCUT2D eigenvalue weighted by Gasteiger charge is -2.18. The molecule has 1 aromatic rings. The fourth-order valence-corrected chi connectivity index (χ4v) is 2.03. The quantitative estimate of drug-likeness (QED) is 0.651. The average molecular weight is 281 g/mol. The fraction of sp³-hybridized carbons (Fsp3) is 0.875. The highest BCUT2D eigenvalue weighted by atomic mass is 16.4. The van der Waals surface area contributed by atoms with Crippen LogP contribution in [-0.2, 0) is 13.0 Å². The van der Waals surface area contributed by atoms with Gasteiger partial charge in [0, 0.05) is 12.0 Å². The first-order valence-electron chi connectivity index (χ1n) is 8.07. The van der Waals surface area contributed by atoms with Crippen molar-refractivity contribution in [1.29, 1.82) is 0 Å². The number of aryl methyl sites for hydroxylation is 1. The van der Waals surface area contributed by atoms with E-state index in [1.807, 2.05) is 0 Å². The smallest absolute Gasteiger partial charge is 0.230 e. The number of aromatic nitrogens is 2. The molecule has 1 N–H and O–H groups in total. The normalized spacial score (nSPS) is 12.0. The Morgan fingerprint density at radius 2 is 1.50 bits per heavy atom. The third-order valence-corrected chi connectivity index (χ3v) is 3.27. The molecule has 0 saturated carbocycles. The molecular weight excluding hydrogens is 250 g/mol. The maximum absolute atomic E-state index is 5.64. The Bertz CT molecular complexity index is 355. The molecule has 116 valence electrons. The first kappa shape index (κ1) is 17.2. The second kappa shape index (κ2) is 9.11. The topological polar surface area (TPSA) is 51.0 Å². The van der Waals surface area contributed by atoms with Gasteiger partial charge >= 0.3 is 0 Å². The molecule has 20 heavy (non-hydrogen) atoms. The molecular formula is C16H31N3O. The van der Waals surface area contributed by atoms with E-state index >= 15 is 0 Å². The number of hydrogen-bond donors (Lipinski definition) is 1. The Hall–Kier alpha value is -0.900. The Morgan fingerprint density at radius 3 is 2.15 bits per heavy atom. The molecule has 1 heterocycles. The molecule has 0 fully saturated rings. The van der Waals surface area contributed by atoms with E-state index in [9.17, 15) is 0 Å². The zero-order chi connectivity index (χ0) is 14.8. The highest BCUT2D eigenvalue weighted by Crippen LogP contribution is 2.10. The summed E-state index contributed by atoms with van der Waals surface area (Å²) in [5.74, 6) is 1.47. The van der Waals surface area contributed by atoms with Gasteiger partial charge in [0.1, 0.15) is 0 Å². The van der Waals surface area contributed by atoms with Gasteiger partial charge in [0.15, 0.2) is 0 Å². The summed E-state index contributed by atoms with van der Waals surface area (Å²) in [6, 6.07) is 0. The van der Waals surface area contributed by atoms with Crippen LogP contribution in [0, 0.1) is 0 Å². The van der Waals surface area contributed by atoms with Crippen molar-refractivity contribution in [3.63, 3.8) is 0 Å². The van der Waals surface area contributed by atoms with Gasteiger partial charge in [-0.1, -0.05) is 45.4 Å². The summed E-state index contributed by atoms with van der Waals surface area (Å²) in [6.07, 6.45) is 10.1. The van der Waals surface area contributed by atoms with Crippen LogP contribution in [0.4, 0.5) is 0 Å². The molecule has 1 rings (SSSR count). The molecule has 0 unspecified atom stereocenters. The zero-order valence-electron chi connectivity index (χ0n) is 13.7. The maximum Gasteiger partial charge on any atom is 0.230 e. The molecule has 0 amide bonds. The standard InChI is InChI=1S/C16H31N3O/c1-5-6-7-8-9-10-11-12-14-18-19-15(20-14)13-17-16(2,3)4/h17H,5-13H2,1-4H3. The average Bonchev–Trinajstić information content (AvgIpc) is 2.82. The van der Waals surface area contributed by atoms with Gasteiger partial charge in [-0.3, -0.25) is 0 Å². The Balaban J connectivity index is 2.11. The third kappa shape index (κ3) is 8.31. The molecule has 0 radical (unpaired) electrons. The number of unbranched alkanes of at least 4 members (excludes halogenated alkanes) is 6. The van der Waals surface area contributed by atoms with Crippen LogP contribution in [0.25, 0.3) is 0 Å². The van der Waals surface area contributed by atoms with Crippen molar-refractivity contribution in [1.82, 2.24) is 15.5 Å². The lowest BCUT2D eigenvalue weighted by molar-refractivity contribution is 0.369. The van der Waals surface area contributed by atoms with Crippen molar-refractivity contribution < 1.29 is 4.42 Å². The predicted octanol–water partition coefficient (Wildman–Crippen LogP) is 4.25. The summed E-state index contributed by atoms with van der Waals surface area (Å²) in [5.41, 5.74) is 0.0765. The monoisotopic (exact) mass is 281 g/mol. The molecule has 0 aliphatic heterocycles. The van der Waals surface area contributed by atoms with E-state index in [-0.39, 0.29) is 5.54 Å². The highest BCUT2D eigenvalue weighted by molar-refractivity contribution is 4.83. The Labute approximate surface area is 123 Å². The lowest BCUT2D eigenvalue weighted by Crippen LogP contribution is -2.35. The van der Waals surface area contributed by atoms with E-state index < -0.39 is 0 Å². The van der Waals surface area contributed by atoms with Crippen molar-refractivity contribution in [3.05, 3.63) is 11.8 Å². The van der Waals surface area contributed by atoms with Crippen LogP contribution in [0.5, 0.6) is 0 Å². The molecule has 0 spiro atoms. The molecule has 1 aromatic heterocycles. The van der Waals surface area contributed by atoms with Crippen LogP contribution in [0.1, 0.15) is 84.4 Å². The number of nitrogens with zero attached hydrogens (tertiary/aromatic N) is 2. The van der Waals surface area contributed by atoms with Crippen molar-refractivity contribution in [2.24, 2.45) is 0 Å². The van der Waals surface area contributed by atoms with Crippen molar-refractivity contribution in [2.75, 3.05) is 0 Å². The van der Waals surface area contributed by atoms with Crippen molar-refractivity contribution >= 4 is 0 Å². The first-order chi connectivity index (χ1) is 9.51. The predicted molar refractivity (Wildman–Crippen MR) is 82.6 cm³/mol. The number of nitrogens with one attached hydrogen (secondary N) is 1. The molecule has 4 heteroatoms. The fourth-order valence-electron chi connectivity index (χ4n) is 2.03. The van der Waals surface area contributed by atoms with Gasteiger partial charge in [0.25, 0.3) is 0 Å². The van der Waals surface area contributed by atoms with Crippen LogP contribution in [0.15, 0.2) is 4.42 Å². The van der Waals surface area contributed by atoms with Gasteiger partial charge in [-0.15, -0.1) is 10.2 Å². The molecule has 4 nitrogen and oxygen atoms in total. The van der Waals surface area contributed by atoms with Gasteiger partial charge in [-0.2, -0.15) is 0 Å². The lowest BCUT2D eigenvalue weighted by atomic mass is 10.1. The van der Waals surface area contributed by atoms with Crippen LogP contribution >= 0.6 is 0 Å². The first-order valence-corrected chi connectivity index (χ1v) is 8.07. The van der Waals surface area contributed by atoms with E-state index in [0.29, 0.717) is 12.4 Å². The largest absolute Gasteiger partial charge is 0.424 e. The van der Waals surface area contributed by atoms with E-state index in [1.54, 1.807) is 0 Å². The highest BCUT2D eigenvalue weighted by Gasteiger charge is 2.11. The molecule has 0 saturated heterocycles. The third-order valence-electron chi connectivity index (χ3n) is 3.27. The van der Waals surface area contributed by atoms with Crippen LogP contribution < -0.4 is 5.32 Å². The summed E-state index contributed by atoms with van der Waals surface area (Å²) in [4.78, 5) is 0. The van der Waals surface area contributed by atoms with E-state index in [2.05, 4.69) is 43.2 Å². The van der Waals surface area contributed by atoms with Crippen LogP contribution in [0.3, 0.4) is 0 Å². The maximum atomic E-state index is 5.64. The molecule has 0 aliphatic carbocycles. The van der Waals surface area contributed by atoms with Crippen LogP contribution in [-0.4, -0.2) is 15.7 Å². The summed E-state index contributed by atoms with van der Waals surface area (Å²) in [6.45, 7) is 9.28. The second-order valence-electron chi connectivity index (χ2n) is 6.56. The van der Waals surface area contributed by atoms with Gasteiger partial charge in [0.05, 0.1) is 6.54 Å².